The van der Waals surface area contributed by atoms with Crippen LogP contribution < -0.4 is 5.73 Å². The summed E-state index contributed by atoms with van der Waals surface area (Å²) < 4.78 is 5.73. The van der Waals surface area contributed by atoms with E-state index < -0.39 is 0 Å². The largest absolute Gasteiger partial charge is 0.374 e. The molecule has 0 heterocycles. The van der Waals surface area contributed by atoms with Crippen molar-refractivity contribution in [3.63, 3.8) is 0 Å². The normalized spacial score (nSPS) is 24.2. The molecule has 2 N–H and O–H groups in total. The quantitative estimate of drug-likeness (QED) is 0.901. The Morgan fingerprint density at radius 2 is 2.00 bits per heavy atom. The molecule has 88 valence electrons. The van der Waals surface area contributed by atoms with Crippen molar-refractivity contribution in [3.05, 3.63) is 33.8 Å². The third kappa shape index (κ3) is 2.89. The molecule has 4 heteroatoms. The summed E-state index contributed by atoms with van der Waals surface area (Å²) in [5.74, 6) is 0.652. The van der Waals surface area contributed by atoms with Gasteiger partial charge >= 0.3 is 0 Å². The molecular weight excluding hydrogens is 245 g/mol. The smallest absolute Gasteiger partial charge is 0.0721 e. The molecule has 1 aromatic rings. The number of hydrogen-bond donors (Lipinski definition) is 1. The van der Waals surface area contributed by atoms with Gasteiger partial charge in [0.05, 0.1) is 22.8 Å². The first-order chi connectivity index (χ1) is 7.69. The molecule has 0 unspecified atom stereocenters. The first-order valence-corrected chi connectivity index (χ1v) is 6.20. The summed E-state index contributed by atoms with van der Waals surface area (Å²) in [4.78, 5) is 0. The monoisotopic (exact) mass is 259 g/mol. The fraction of sp³-hybridized carbons (Fsp3) is 0.500. The number of nitrogens with two attached hydrogens (primary N) is 1. The van der Waals surface area contributed by atoms with Crippen LogP contribution in [0, 0.1) is 5.92 Å². The van der Waals surface area contributed by atoms with E-state index in [-0.39, 0.29) is 0 Å². The molecule has 1 aromatic carbocycles. The van der Waals surface area contributed by atoms with Crippen LogP contribution in [0.25, 0.3) is 0 Å². The van der Waals surface area contributed by atoms with Gasteiger partial charge in [0.25, 0.3) is 0 Å². The molecular formula is C12H15Cl2NO. The minimum atomic E-state index is 0.364. The van der Waals surface area contributed by atoms with Crippen molar-refractivity contribution in [2.75, 3.05) is 6.54 Å². The second-order valence-corrected chi connectivity index (χ2v) is 5.07. The minimum Gasteiger partial charge on any atom is -0.374 e. The van der Waals surface area contributed by atoms with Crippen LogP contribution in [0.3, 0.4) is 0 Å². The second-order valence-electron chi connectivity index (χ2n) is 4.25. The van der Waals surface area contributed by atoms with Crippen LogP contribution in [0.15, 0.2) is 18.2 Å². The Labute approximate surface area is 106 Å². The predicted molar refractivity (Wildman–Crippen MR) is 66.8 cm³/mol. The van der Waals surface area contributed by atoms with E-state index >= 15 is 0 Å². The Morgan fingerprint density at radius 3 is 2.62 bits per heavy atom. The standard InChI is InChI=1S/C12H15Cl2NO/c13-11-2-1-8(5-12(11)14)7-16-10-3-9(4-10)6-15/h1-2,5,9-10H,3-4,6-7,15H2. The molecule has 1 aliphatic rings. The van der Waals surface area contributed by atoms with Crippen molar-refractivity contribution >= 4 is 23.2 Å². The van der Waals surface area contributed by atoms with Gasteiger partial charge in [-0.25, -0.2) is 0 Å². The van der Waals surface area contributed by atoms with Crippen LogP contribution in [-0.4, -0.2) is 12.6 Å². The molecule has 0 atom stereocenters. The Bertz CT molecular complexity index is 364. The van der Waals surface area contributed by atoms with Gasteiger partial charge in [0.1, 0.15) is 0 Å². The van der Waals surface area contributed by atoms with E-state index in [2.05, 4.69) is 0 Å². The Morgan fingerprint density at radius 1 is 1.25 bits per heavy atom. The van der Waals surface area contributed by atoms with Gasteiger partial charge < -0.3 is 10.5 Å². The lowest BCUT2D eigenvalue weighted by Gasteiger charge is -2.34. The third-order valence-corrected chi connectivity index (χ3v) is 3.73. The maximum atomic E-state index is 5.92. The van der Waals surface area contributed by atoms with E-state index in [1.807, 2.05) is 12.1 Å². The summed E-state index contributed by atoms with van der Waals surface area (Å²) in [7, 11) is 0. The van der Waals surface area contributed by atoms with E-state index in [0.29, 0.717) is 28.7 Å². The third-order valence-electron chi connectivity index (χ3n) is 3.00. The molecule has 0 saturated heterocycles. The SMILES string of the molecule is NCC1CC(OCc2ccc(Cl)c(Cl)c2)C1. The van der Waals surface area contributed by atoms with Gasteiger partial charge in [0, 0.05) is 0 Å². The van der Waals surface area contributed by atoms with Crippen LogP contribution in [-0.2, 0) is 11.3 Å². The Hall–Kier alpha value is -0.280. The lowest BCUT2D eigenvalue weighted by molar-refractivity contribution is -0.0375. The van der Waals surface area contributed by atoms with E-state index in [1.165, 1.54) is 0 Å². The Balaban J connectivity index is 1.80. The maximum absolute atomic E-state index is 5.92. The van der Waals surface area contributed by atoms with Crippen molar-refractivity contribution in [2.24, 2.45) is 11.7 Å². The minimum absolute atomic E-state index is 0.364. The molecule has 1 saturated carbocycles. The summed E-state index contributed by atoms with van der Waals surface area (Å²) in [5, 5.41) is 1.16. The average molecular weight is 260 g/mol. The molecule has 0 amide bonds. The zero-order valence-electron chi connectivity index (χ0n) is 8.96. The van der Waals surface area contributed by atoms with Gasteiger partial charge in [-0.05, 0) is 43.0 Å². The summed E-state index contributed by atoms with van der Waals surface area (Å²) >= 11 is 11.8. The van der Waals surface area contributed by atoms with Crippen molar-refractivity contribution in [2.45, 2.75) is 25.6 Å². The molecule has 1 aliphatic carbocycles. The summed E-state index contributed by atoms with van der Waals surface area (Å²) in [6.07, 6.45) is 2.53. The number of hydrogen-bond acceptors (Lipinski definition) is 2. The summed E-state index contributed by atoms with van der Waals surface area (Å²) in [5.41, 5.74) is 6.61. The highest BCUT2D eigenvalue weighted by Crippen LogP contribution is 2.30. The summed E-state index contributed by atoms with van der Waals surface area (Å²) in [6.45, 7) is 1.37. The van der Waals surface area contributed by atoms with E-state index in [4.69, 9.17) is 33.7 Å². The van der Waals surface area contributed by atoms with Crippen LogP contribution in [0.5, 0.6) is 0 Å². The highest BCUT2D eigenvalue weighted by Gasteiger charge is 2.28. The molecule has 0 spiro atoms. The molecule has 2 rings (SSSR count). The van der Waals surface area contributed by atoms with E-state index in [1.54, 1.807) is 6.07 Å². The van der Waals surface area contributed by atoms with Crippen molar-refractivity contribution < 1.29 is 4.74 Å². The highest BCUT2D eigenvalue weighted by atomic mass is 35.5. The zero-order chi connectivity index (χ0) is 11.5. The number of rotatable bonds is 4. The van der Waals surface area contributed by atoms with Crippen LogP contribution in [0.2, 0.25) is 10.0 Å². The first kappa shape index (κ1) is 12.2. The van der Waals surface area contributed by atoms with Gasteiger partial charge in [0.15, 0.2) is 0 Å². The summed E-state index contributed by atoms with van der Waals surface area (Å²) in [6, 6.07) is 5.59. The van der Waals surface area contributed by atoms with Crippen molar-refractivity contribution in [3.8, 4) is 0 Å². The van der Waals surface area contributed by atoms with Gasteiger partial charge in [-0.3, -0.25) is 0 Å². The lowest BCUT2D eigenvalue weighted by Crippen LogP contribution is -2.35. The highest BCUT2D eigenvalue weighted by molar-refractivity contribution is 6.41. The Kier molecular flexibility index (Phi) is 4.09. The molecule has 16 heavy (non-hydrogen) atoms. The van der Waals surface area contributed by atoms with Crippen LogP contribution in [0.1, 0.15) is 18.4 Å². The molecule has 2 nitrogen and oxygen atoms in total. The lowest BCUT2D eigenvalue weighted by atomic mass is 9.82. The number of ether oxygens (including phenoxy) is 1. The fourth-order valence-corrected chi connectivity index (χ4v) is 2.17. The number of benzene rings is 1. The van der Waals surface area contributed by atoms with Gasteiger partial charge in [-0.1, -0.05) is 29.3 Å². The molecule has 0 radical (unpaired) electrons. The van der Waals surface area contributed by atoms with Crippen LogP contribution in [0.4, 0.5) is 0 Å². The van der Waals surface area contributed by atoms with Gasteiger partial charge in [0.2, 0.25) is 0 Å². The van der Waals surface area contributed by atoms with E-state index in [0.717, 1.165) is 24.9 Å². The van der Waals surface area contributed by atoms with Crippen molar-refractivity contribution in [1.82, 2.24) is 0 Å². The van der Waals surface area contributed by atoms with E-state index in [9.17, 15) is 0 Å². The first-order valence-electron chi connectivity index (χ1n) is 5.44. The predicted octanol–water partition coefficient (Wildman–Crippen LogP) is 3.25. The molecule has 0 bridgehead atoms. The maximum Gasteiger partial charge on any atom is 0.0721 e. The zero-order valence-corrected chi connectivity index (χ0v) is 10.5. The number of halogens is 2. The van der Waals surface area contributed by atoms with Gasteiger partial charge in [-0.15, -0.1) is 0 Å². The fourth-order valence-electron chi connectivity index (χ4n) is 1.85. The van der Waals surface area contributed by atoms with Crippen molar-refractivity contribution in [1.29, 1.82) is 0 Å². The molecule has 1 fully saturated rings. The molecule has 0 aromatic heterocycles. The topological polar surface area (TPSA) is 35.2 Å². The van der Waals surface area contributed by atoms with Gasteiger partial charge in [-0.2, -0.15) is 0 Å². The average Bonchev–Trinajstić information content (AvgIpc) is 2.21. The van der Waals surface area contributed by atoms with Crippen LogP contribution >= 0.6 is 23.2 Å². The second kappa shape index (κ2) is 5.37. The molecule has 0 aliphatic heterocycles.